The molecule has 5 fully saturated rings. The first-order valence-electron chi connectivity index (χ1n) is 11.0. The summed E-state index contributed by atoms with van der Waals surface area (Å²) in [6.45, 7) is 1.45. The predicted molar refractivity (Wildman–Crippen MR) is 109 cm³/mol. The average Bonchev–Trinajstić information content (AvgIpc) is 2.71. The van der Waals surface area contributed by atoms with E-state index in [4.69, 9.17) is 0 Å². The lowest BCUT2D eigenvalue weighted by molar-refractivity contribution is -0.158. The quantitative estimate of drug-likeness (QED) is 0.694. The molecule has 4 saturated carbocycles. The van der Waals surface area contributed by atoms with Crippen molar-refractivity contribution in [2.24, 2.45) is 23.2 Å². The summed E-state index contributed by atoms with van der Waals surface area (Å²) in [5.74, 6) is 2.20. The molecule has 0 unspecified atom stereocenters. The normalized spacial score (nSPS) is 33.1. The maximum absolute atomic E-state index is 13.5. The van der Waals surface area contributed by atoms with Gasteiger partial charge in [-0.15, -0.1) is 0 Å². The highest BCUT2D eigenvalue weighted by atomic mass is 32.2. The van der Waals surface area contributed by atoms with Crippen molar-refractivity contribution < 1.29 is 26.4 Å². The molecule has 4 bridgehead atoms. The minimum atomic E-state index is -5.44. The Morgan fingerprint density at radius 3 is 1.94 bits per heavy atom. The van der Waals surface area contributed by atoms with Crippen LogP contribution in [-0.2, 0) is 14.6 Å². The standard InChI is InChI=1S/C22H27F3N2O3S/c23-22(24,25)31(29,30)19-4-2-1-3-18(19)26-5-7-27(8-6-26)20(28)21-12-15-9-16(13-21)11-17(10-15)14-21/h1-4,15-17H,5-14H2. The average molecular weight is 457 g/mol. The first-order chi connectivity index (χ1) is 14.6. The molecule has 0 spiro atoms. The van der Waals surface area contributed by atoms with Crippen LogP contribution < -0.4 is 4.90 Å². The summed E-state index contributed by atoms with van der Waals surface area (Å²) >= 11 is 0. The zero-order chi connectivity index (χ0) is 22.0. The van der Waals surface area contributed by atoms with Gasteiger partial charge < -0.3 is 9.80 Å². The van der Waals surface area contributed by atoms with Gasteiger partial charge in [-0.1, -0.05) is 12.1 Å². The summed E-state index contributed by atoms with van der Waals surface area (Å²) in [7, 11) is -5.44. The highest BCUT2D eigenvalue weighted by Crippen LogP contribution is 2.60. The van der Waals surface area contributed by atoms with Crippen LogP contribution >= 0.6 is 0 Å². The van der Waals surface area contributed by atoms with E-state index >= 15 is 0 Å². The Hall–Kier alpha value is -1.77. The van der Waals surface area contributed by atoms with Gasteiger partial charge in [0.2, 0.25) is 5.91 Å². The number of carbonyl (C=O) groups is 1. The van der Waals surface area contributed by atoms with Gasteiger partial charge in [-0.3, -0.25) is 4.79 Å². The summed E-state index contributed by atoms with van der Waals surface area (Å²) < 4.78 is 63.5. The van der Waals surface area contributed by atoms with Crippen molar-refractivity contribution in [1.29, 1.82) is 0 Å². The molecule has 170 valence electrons. The Balaban J connectivity index is 1.32. The number of amides is 1. The number of anilines is 1. The van der Waals surface area contributed by atoms with Gasteiger partial charge in [-0.25, -0.2) is 8.42 Å². The fourth-order valence-electron chi connectivity index (χ4n) is 6.93. The minimum Gasteiger partial charge on any atom is -0.367 e. The van der Waals surface area contributed by atoms with Crippen LogP contribution in [0.5, 0.6) is 0 Å². The zero-order valence-electron chi connectivity index (χ0n) is 17.3. The molecule has 0 radical (unpaired) electrons. The Kier molecular flexibility index (Phi) is 4.84. The molecular weight excluding hydrogens is 429 g/mol. The molecule has 5 nitrogen and oxygen atoms in total. The number of alkyl halides is 3. The lowest BCUT2D eigenvalue weighted by atomic mass is 9.49. The second-order valence-corrected chi connectivity index (χ2v) is 11.8. The van der Waals surface area contributed by atoms with Gasteiger partial charge in [-0.2, -0.15) is 13.2 Å². The zero-order valence-corrected chi connectivity index (χ0v) is 18.1. The summed E-state index contributed by atoms with van der Waals surface area (Å²) in [6, 6.07) is 5.26. The number of halogens is 3. The number of rotatable bonds is 3. The first kappa shape index (κ1) is 21.1. The van der Waals surface area contributed by atoms with E-state index in [2.05, 4.69) is 0 Å². The highest BCUT2D eigenvalue weighted by molar-refractivity contribution is 7.92. The van der Waals surface area contributed by atoms with Crippen molar-refractivity contribution in [2.45, 2.75) is 48.9 Å². The van der Waals surface area contributed by atoms with Crippen molar-refractivity contribution in [2.75, 3.05) is 31.1 Å². The van der Waals surface area contributed by atoms with Crippen molar-refractivity contribution >= 4 is 21.4 Å². The minimum absolute atomic E-state index is 0.0572. The van der Waals surface area contributed by atoms with Gasteiger partial charge in [0.25, 0.3) is 9.84 Å². The largest absolute Gasteiger partial charge is 0.501 e. The number of benzene rings is 1. The molecule has 1 heterocycles. The molecule has 9 heteroatoms. The van der Waals surface area contributed by atoms with Gasteiger partial charge in [0.1, 0.15) is 0 Å². The highest BCUT2D eigenvalue weighted by Gasteiger charge is 2.56. The molecule has 1 aromatic carbocycles. The Labute approximate surface area is 180 Å². The number of para-hydroxylation sites is 1. The molecule has 6 rings (SSSR count). The van der Waals surface area contributed by atoms with E-state index in [1.54, 1.807) is 4.90 Å². The topological polar surface area (TPSA) is 57.7 Å². The molecule has 1 amide bonds. The molecule has 1 aromatic rings. The molecule has 4 aliphatic carbocycles. The fraction of sp³-hybridized carbons (Fsp3) is 0.682. The van der Waals surface area contributed by atoms with E-state index in [1.807, 2.05) is 4.90 Å². The van der Waals surface area contributed by atoms with Crippen LogP contribution in [0.2, 0.25) is 0 Å². The third kappa shape index (κ3) is 3.43. The SMILES string of the molecule is O=C(N1CCN(c2ccccc2S(=O)(=O)C(F)(F)F)CC1)C12CC3CC(CC(C3)C1)C2. The molecular formula is C22H27F3N2O3S. The molecule has 0 N–H and O–H groups in total. The number of carbonyl (C=O) groups excluding carboxylic acids is 1. The van der Waals surface area contributed by atoms with Crippen LogP contribution in [0.4, 0.5) is 18.9 Å². The van der Waals surface area contributed by atoms with E-state index in [1.165, 1.54) is 37.5 Å². The molecule has 5 aliphatic rings. The maximum atomic E-state index is 13.5. The summed E-state index contributed by atoms with van der Waals surface area (Å²) in [5.41, 5.74) is -5.53. The van der Waals surface area contributed by atoms with Crippen molar-refractivity contribution in [3.8, 4) is 0 Å². The second kappa shape index (κ2) is 7.12. The Morgan fingerprint density at radius 1 is 0.903 bits per heavy atom. The van der Waals surface area contributed by atoms with E-state index in [0.717, 1.165) is 25.3 Å². The fourth-order valence-corrected chi connectivity index (χ4v) is 7.91. The second-order valence-electron chi connectivity index (χ2n) is 9.89. The number of hydrogen-bond acceptors (Lipinski definition) is 4. The maximum Gasteiger partial charge on any atom is 0.501 e. The van der Waals surface area contributed by atoms with Gasteiger partial charge in [0, 0.05) is 26.2 Å². The molecule has 0 aromatic heterocycles. The van der Waals surface area contributed by atoms with Gasteiger partial charge in [0.05, 0.1) is 16.0 Å². The van der Waals surface area contributed by atoms with Crippen LogP contribution in [0.15, 0.2) is 29.2 Å². The Bertz CT molecular complexity index is 949. The molecule has 0 atom stereocenters. The van der Waals surface area contributed by atoms with E-state index in [0.29, 0.717) is 43.9 Å². The van der Waals surface area contributed by atoms with Gasteiger partial charge >= 0.3 is 5.51 Å². The third-order valence-corrected chi connectivity index (χ3v) is 9.39. The van der Waals surface area contributed by atoms with Crippen LogP contribution in [0.25, 0.3) is 0 Å². The lowest BCUT2D eigenvalue weighted by Gasteiger charge is -2.57. The monoisotopic (exact) mass is 456 g/mol. The molecule has 31 heavy (non-hydrogen) atoms. The lowest BCUT2D eigenvalue weighted by Crippen LogP contribution is -2.58. The molecule has 1 saturated heterocycles. The smallest absolute Gasteiger partial charge is 0.367 e. The van der Waals surface area contributed by atoms with E-state index < -0.39 is 20.2 Å². The van der Waals surface area contributed by atoms with Crippen LogP contribution in [0, 0.1) is 23.2 Å². The van der Waals surface area contributed by atoms with Crippen molar-refractivity contribution in [3.63, 3.8) is 0 Å². The van der Waals surface area contributed by atoms with Crippen molar-refractivity contribution in [1.82, 2.24) is 4.90 Å². The first-order valence-corrected chi connectivity index (χ1v) is 12.5. The summed E-state index contributed by atoms with van der Waals surface area (Å²) in [6.07, 6.45) is 6.69. The number of piperazine rings is 1. The summed E-state index contributed by atoms with van der Waals surface area (Å²) in [5, 5.41) is 0. The number of sulfone groups is 1. The summed E-state index contributed by atoms with van der Waals surface area (Å²) in [4.78, 5) is 16.3. The molecule has 1 aliphatic heterocycles. The van der Waals surface area contributed by atoms with Gasteiger partial charge in [-0.05, 0) is 68.4 Å². The Morgan fingerprint density at radius 2 is 1.42 bits per heavy atom. The predicted octanol–water partition coefficient (Wildman–Crippen LogP) is 3.85. The number of hydrogen-bond donors (Lipinski definition) is 0. The van der Waals surface area contributed by atoms with Crippen LogP contribution in [0.3, 0.4) is 0 Å². The van der Waals surface area contributed by atoms with E-state index in [-0.39, 0.29) is 17.0 Å². The number of nitrogens with zero attached hydrogens (tertiary/aromatic N) is 2. The van der Waals surface area contributed by atoms with Crippen molar-refractivity contribution in [3.05, 3.63) is 24.3 Å². The van der Waals surface area contributed by atoms with Crippen LogP contribution in [-0.4, -0.2) is 50.9 Å². The third-order valence-electron chi connectivity index (χ3n) is 7.86. The van der Waals surface area contributed by atoms with Crippen LogP contribution in [0.1, 0.15) is 38.5 Å². The van der Waals surface area contributed by atoms with E-state index in [9.17, 15) is 26.4 Å². The van der Waals surface area contributed by atoms with Gasteiger partial charge in [0.15, 0.2) is 0 Å².